The van der Waals surface area contributed by atoms with Crippen LogP contribution in [0.1, 0.15) is 19.4 Å². The molecule has 0 atom stereocenters. The molecule has 0 saturated carbocycles. The molecule has 1 amide bonds. The van der Waals surface area contributed by atoms with E-state index in [2.05, 4.69) is 20.6 Å². The van der Waals surface area contributed by atoms with Crippen molar-refractivity contribution in [2.45, 2.75) is 32.4 Å². The van der Waals surface area contributed by atoms with Gasteiger partial charge in [-0.05, 0) is 44.0 Å². The zero-order chi connectivity index (χ0) is 29.0. The van der Waals surface area contributed by atoms with Crippen molar-refractivity contribution in [3.8, 4) is 22.6 Å². The lowest BCUT2D eigenvalue weighted by Crippen LogP contribution is -2.30. The Balaban J connectivity index is 1.87. The monoisotopic (exact) mass is 585 g/mol. The van der Waals surface area contributed by atoms with Gasteiger partial charge in [-0.2, -0.15) is 4.98 Å². The summed E-state index contributed by atoms with van der Waals surface area (Å²) in [6.07, 6.45) is 2.69. The maximum atomic E-state index is 14.1. The highest BCUT2D eigenvalue weighted by molar-refractivity contribution is 6.41. The molecule has 4 aromatic rings. The molecule has 3 N–H and O–H groups in total. The maximum Gasteiger partial charge on any atom is 0.260 e. The van der Waals surface area contributed by atoms with Crippen LogP contribution in [-0.2, 0) is 17.8 Å². The van der Waals surface area contributed by atoms with Crippen molar-refractivity contribution in [3.63, 3.8) is 0 Å². The molecule has 0 aliphatic heterocycles. The summed E-state index contributed by atoms with van der Waals surface area (Å²) in [5.41, 5.74) is 1.12. The van der Waals surface area contributed by atoms with Gasteiger partial charge in [0.1, 0.15) is 17.1 Å². The minimum absolute atomic E-state index is 0.166. The highest BCUT2D eigenvalue weighted by Gasteiger charge is 2.23. The lowest BCUT2D eigenvalue weighted by atomic mass is 10.0. The van der Waals surface area contributed by atoms with Crippen molar-refractivity contribution in [1.82, 2.24) is 14.5 Å². The van der Waals surface area contributed by atoms with E-state index in [0.717, 1.165) is 5.56 Å². The van der Waals surface area contributed by atoms with Crippen LogP contribution in [0.25, 0.3) is 22.2 Å². The van der Waals surface area contributed by atoms with E-state index in [0.29, 0.717) is 41.1 Å². The highest BCUT2D eigenvalue weighted by atomic mass is 35.5. The fraction of sp³-hybridized carbons (Fsp3) is 0.286. The van der Waals surface area contributed by atoms with Gasteiger partial charge in [-0.3, -0.25) is 14.2 Å². The predicted octanol–water partition coefficient (Wildman–Crippen LogP) is 4.78. The lowest BCUT2D eigenvalue weighted by Gasteiger charge is -2.19. The van der Waals surface area contributed by atoms with Crippen LogP contribution in [0.15, 0.2) is 47.4 Å². The molecule has 0 saturated heterocycles. The van der Waals surface area contributed by atoms with Crippen LogP contribution in [-0.4, -0.2) is 52.4 Å². The van der Waals surface area contributed by atoms with Gasteiger partial charge in [-0.25, -0.2) is 4.98 Å². The summed E-state index contributed by atoms with van der Waals surface area (Å²) in [4.78, 5) is 33.8. The number of aryl methyl sites for hydroxylation is 2. The number of ether oxygens (including phenoxy) is 2. The van der Waals surface area contributed by atoms with Gasteiger partial charge in [-0.15, -0.1) is 0 Å². The van der Waals surface area contributed by atoms with Gasteiger partial charge in [0.15, 0.2) is 0 Å². The van der Waals surface area contributed by atoms with E-state index in [9.17, 15) is 14.7 Å². The molecule has 0 aliphatic carbocycles. The van der Waals surface area contributed by atoms with Crippen LogP contribution in [0.2, 0.25) is 10.0 Å². The van der Waals surface area contributed by atoms with Gasteiger partial charge in [0.2, 0.25) is 12.4 Å². The largest absolute Gasteiger partial charge is 0.495 e. The molecular weight excluding hydrogens is 557 g/mol. The normalized spacial score (nSPS) is 11.4. The molecule has 2 aromatic heterocycles. The van der Waals surface area contributed by atoms with Crippen molar-refractivity contribution in [3.05, 3.63) is 68.6 Å². The van der Waals surface area contributed by atoms with Crippen molar-refractivity contribution < 1.29 is 19.4 Å². The number of benzene rings is 2. The van der Waals surface area contributed by atoms with Crippen LogP contribution < -0.4 is 25.7 Å². The Morgan fingerprint density at radius 3 is 2.30 bits per heavy atom. The number of methoxy groups -OCH3 is 2. The van der Waals surface area contributed by atoms with E-state index in [1.54, 1.807) is 44.3 Å². The Kier molecular flexibility index (Phi) is 8.82. The van der Waals surface area contributed by atoms with Gasteiger partial charge in [-0.1, -0.05) is 35.3 Å². The van der Waals surface area contributed by atoms with Gasteiger partial charge < -0.3 is 25.2 Å². The second-order valence-electron chi connectivity index (χ2n) is 9.65. The highest BCUT2D eigenvalue weighted by Crippen LogP contribution is 2.45. The van der Waals surface area contributed by atoms with Crippen molar-refractivity contribution >= 4 is 52.3 Å². The van der Waals surface area contributed by atoms with Gasteiger partial charge >= 0.3 is 0 Å². The van der Waals surface area contributed by atoms with Crippen LogP contribution in [0.4, 0.5) is 11.6 Å². The minimum Gasteiger partial charge on any atom is -0.495 e. The Morgan fingerprint density at radius 2 is 1.73 bits per heavy atom. The van der Waals surface area contributed by atoms with E-state index in [-0.39, 0.29) is 45.8 Å². The number of halogens is 2. The Morgan fingerprint density at radius 1 is 1.07 bits per heavy atom. The van der Waals surface area contributed by atoms with Crippen LogP contribution in [0.5, 0.6) is 11.5 Å². The third-order valence-corrected chi connectivity index (χ3v) is 6.90. The molecule has 0 fully saturated rings. The number of aromatic nitrogens is 3. The SMILES string of the molecule is COc1cc(OC)c(Cl)c(-c2cc3cnc(NCC(C)(C)O)nc3n(CCc3ccc(NC=O)cc3)c2=O)c1Cl. The predicted molar refractivity (Wildman–Crippen MR) is 157 cm³/mol. The summed E-state index contributed by atoms with van der Waals surface area (Å²) >= 11 is 13.3. The van der Waals surface area contributed by atoms with E-state index in [4.69, 9.17) is 32.7 Å². The van der Waals surface area contributed by atoms with E-state index < -0.39 is 5.60 Å². The van der Waals surface area contributed by atoms with Crippen LogP contribution in [0.3, 0.4) is 0 Å². The third-order valence-electron chi connectivity index (χ3n) is 6.15. The second kappa shape index (κ2) is 12.1. The Labute approximate surface area is 240 Å². The Hall–Kier alpha value is -3.86. The summed E-state index contributed by atoms with van der Waals surface area (Å²) in [6, 6.07) is 10.5. The van der Waals surface area contributed by atoms with Crippen LogP contribution >= 0.6 is 23.2 Å². The number of amides is 1. The number of hydrogen-bond donors (Lipinski definition) is 3. The summed E-state index contributed by atoms with van der Waals surface area (Å²) in [7, 11) is 2.92. The fourth-order valence-corrected chi connectivity index (χ4v) is 4.83. The number of rotatable bonds is 11. The number of pyridine rings is 1. The molecule has 4 rings (SSSR count). The topological polar surface area (TPSA) is 128 Å². The first-order valence-electron chi connectivity index (χ1n) is 12.3. The fourth-order valence-electron chi connectivity index (χ4n) is 4.12. The molecular formula is C28H29Cl2N5O5. The summed E-state index contributed by atoms with van der Waals surface area (Å²) in [6.45, 7) is 3.79. The first-order valence-corrected chi connectivity index (χ1v) is 13.1. The number of nitrogens with one attached hydrogen (secondary N) is 2. The van der Waals surface area contributed by atoms with E-state index in [1.807, 2.05) is 12.1 Å². The number of anilines is 2. The van der Waals surface area contributed by atoms with Gasteiger partial charge in [0.25, 0.3) is 5.56 Å². The number of carbonyl (C=O) groups is 1. The summed E-state index contributed by atoms with van der Waals surface area (Å²) in [5.74, 6) is 0.865. The average Bonchev–Trinajstić information content (AvgIpc) is 2.92. The molecule has 2 heterocycles. The zero-order valence-corrected chi connectivity index (χ0v) is 23.9. The van der Waals surface area contributed by atoms with Crippen molar-refractivity contribution in [1.29, 1.82) is 0 Å². The molecule has 0 aliphatic rings. The second-order valence-corrected chi connectivity index (χ2v) is 10.4. The molecule has 40 heavy (non-hydrogen) atoms. The molecule has 0 bridgehead atoms. The molecule has 10 nitrogen and oxygen atoms in total. The van der Waals surface area contributed by atoms with E-state index >= 15 is 0 Å². The van der Waals surface area contributed by atoms with Crippen molar-refractivity contribution in [2.75, 3.05) is 31.4 Å². The first kappa shape index (κ1) is 29.1. The number of hydrogen-bond acceptors (Lipinski definition) is 8. The molecule has 2 aromatic carbocycles. The molecule has 0 spiro atoms. The van der Waals surface area contributed by atoms with Crippen LogP contribution in [0, 0.1) is 0 Å². The Bertz CT molecular complexity index is 1570. The van der Waals surface area contributed by atoms with Crippen molar-refractivity contribution in [2.24, 2.45) is 0 Å². The lowest BCUT2D eigenvalue weighted by molar-refractivity contribution is -0.105. The third kappa shape index (κ3) is 6.30. The number of nitrogens with zero attached hydrogens (tertiary/aromatic N) is 3. The smallest absolute Gasteiger partial charge is 0.260 e. The van der Waals surface area contributed by atoms with E-state index in [1.165, 1.54) is 18.8 Å². The first-order chi connectivity index (χ1) is 19.1. The standard InChI is InChI=1S/C28H29Cl2N5O5/c1-28(2,38)14-32-27-31-13-17-11-19(22-23(29)20(39-3)12-21(40-4)24(22)30)26(37)35(25(17)34-27)10-9-16-5-7-18(8-6-16)33-15-36/h5-8,11-13,15,38H,9-10,14H2,1-4H3,(H,33,36)(H,31,32,34). The zero-order valence-electron chi connectivity index (χ0n) is 22.4. The van der Waals surface area contributed by atoms with Gasteiger partial charge in [0, 0.05) is 42.0 Å². The number of carbonyl (C=O) groups excluding carboxylic acids is 1. The summed E-state index contributed by atoms with van der Waals surface area (Å²) in [5, 5.41) is 16.6. The maximum absolute atomic E-state index is 14.1. The minimum atomic E-state index is -0.994. The molecule has 0 unspecified atom stereocenters. The average molecular weight is 586 g/mol. The molecule has 0 radical (unpaired) electrons. The number of fused-ring (bicyclic) bond motifs is 1. The number of aliphatic hydroxyl groups is 1. The molecule has 210 valence electrons. The van der Waals surface area contributed by atoms with Gasteiger partial charge in [0.05, 0.1) is 35.4 Å². The quantitative estimate of drug-likeness (QED) is 0.215. The summed E-state index contributed by atoms with van der Waals surface area (Å²) < 4.78 is 12.3. The molecule has 12 heteroatoms.